The van der Waals surface area contributed by atoms with Gasteiger partial charge in [-0.2, -0.15) is 0 Å². The van der Waals surface area contributed by atoms with Crippen LogP contribution in [0, 0.1) is 11.8 Å². The highest BCUT2D eigenvalue weighted by molar-refractivity contribution is 5.72. The van der Waals surface area contributed by atoms with Gasteiger partial charge in [-0.1, -0.05) is 57.5 Å². The molecule has 2 atom stereocenters. The van der Waals surface area contributed by atoms with Crippen LogP contribution in [0.2, 0.25) is 0 Å². The molecule has 18 heavy (non-hydrogen) atoms. The van der Waals surface area contributed by atoms with E-state index in [1.165, 1.54) is 0 Å². The van der Waals surface area contributed by atoms with Gasteiger partial charge in [0.05, 0.1) is 5.92 Å². The van der Waals surface area contributed by atoms with Gasteiger partial charge in [0.15, 0.2) is 0 Å². The lowest BCUT2D eigenvalue weighted by molar-refractivity contribution is -0.158. The Hall–Kier alpha value is -1.35. The molecule has 2 N–H and O–H groups in total. The van der Waals surface area contributed by atoms with E-state index in [1.807, 2.05) is 39.0 Å². The third-order valence-corrected chi connectivity index (χ3v) is 3.52. The highest BCUT2D eigenvalue weighted by atomic mass is 16.4. The van der Waals surface area contributed by atoms with Crippen LogP contribution in [-0.4, -0.2) is 16.2 Å². The zero-order valence-corrected chi connectivity index (χ0v) is 11.3. The van der Waals surface area contributed by atoms with Crippen LogP contribution in [-0.2, 0) is 10.4 Å². The number of carboxylic acids is 1. The van der Waals surface area contributed by atoms with Crippen LogP contribution in [0.25, 0.3) is 0 Å². The summed E-state index contributed by atoms with van der Waals surface area (Å²) in [6.07, 6.45) is 1.21. The van der Waals surface area contributed by atoms with Crippen LogP contribution < -0.4 is 0 Å². The van der Waals surface area contributed by atoms with Crippen LogP contribution in [0.15, 0.2) is 30.3 Å². The summed E-state index contributed by atoms with van der Waals surface area (Å²) in [4.78, 5) is 11.5. The first-order valence-corrected chi connectivity index (χ1v) is 6.45. The Kier molecular flexibility index (Phi) is 4.91. The minimum absolute atomic E-state index is 0.160. The zero-order chi connectivity index (χ0) is 13.8. The minimum Gasteiger partial charge on any atom is -0.481 e. The average Bonchev–Trinajstić information content (AvgIpc) is 2.35. The lowest BCUT2D eigenvalue weighted by Gasteiger charge is -2.38. The summed E-state index contributed by atoms with van der Waals surface area (Å²) in [5.74, 6) is -1.87. The Morgan fingerprint density at radius 2 is 1.83 bits per heavy atom. The highest BCUT2D eigenvalue weighted by Crippen LogP contribution is 2.39. The molecular formula is C15H22O3. The molecule has 0 bridgehead atoms. The molecule has 0 aliphatic heterocycles. The molecule has 3 nitrogen and oxygen atoms in total. The SMILES string of the molecule is CCCC(C(=O)O)C(O)(c1ccccc1)C(C)C. The second kappa shape index (κ2) is 6.01. The molecule has 0 radical (unpaired) electrons. The third-order valence-electron chi connectivity index (χ3n) is 3.52. The molecule has 1 aromatic rings. The first-order valence-electron chi connectivity index (χ1n) is 6.45. The standard InChI is InChI=1S/C15H22O3/c1-4-8-13(14(16)17)15(18,11(2)3)12-9-6-5-7-10-12/h5-7,9-11,13,18H,4,8H2,1-3H3,(H,16,17). The van der Waals surface area contributed by atoms with Gasteiger partial charge in [-0.3, -0.25) is 4.79 Å². The Morgan fingerprint density at radius 3 is 2.22 bits per heavy atom. The fourth-order valence-corrected chi connectivity index (χ4v) is 2.46. The van der Waals surface area contributed by atoms with E-state index in [2.05, 4.69) is 0 Å². The number of carbonyl (C=O) groups is 1. The van der Waals surface area contributed by atoms with Crippen molar-refractivity contribution in [3.8, 4) is 0 Å². The fourth-order valence-electron chi connectivity index (χ4n) is 2.46. The summed E-state index contributed by atoms with van der Waals surface area (Å²) in [5.41, 5.74) is -0.635. The topological polar surface area (TPSA) is 57.5 Å². The van der Waals surface area contributed by atoms with Crippen molar-refractivity contribution >= 4 is 5.97 Å². The first kappa shape index (κ1) is 14.7. The van der Waals surface area contributed by atoms with E-state index in [-0.39, 0.29) is 5.92 Å². The van der Waals surface area contributed by atoms with Crippen LogP contribution in [0.5, 0.6) is 0 Å². The number of aliphatic hydroxyl groups is 1. The molecule has 1 aromatic carbocycles. The minimum atomic E-state index is -1.32. The number of benzene rings is 1. The maximum absolute atomic E-state index is 11.5. The van der Waals surface area contributed by atoms with Gasteiger partial charge in [0.1, 0.15) is 5.60 Å². The van der Waals surface area contributed by atoms with Crippen molar-refractivity contribution in [2.75, 3.05) is 0 Å². The lowest BCUT2D eigenvalue weighted by atomic mass is 9.72. The van der Waals surface area contributed by atoms with Crippen molar-refractivity contribution in [1.82, 2.24) is 0 Å². The molecule has 0 saturated carbocycles. The maximum Gasteiger partial charge on any atom is 0.309 e. The van der Waals surface area contributed by atoms with Gasteiger partial charge in [0, 0.05) is 0 Å². The van der Waals surface area contributed by atoms with Crippen molar-refractivity contribution in [3.05, 3.63) is 35.9 Å². The second-order valence-electron chi connectivity index (χ2n) is 5.03. The Bertz CT molecular complexity index is 386. The Labute approximate surface area is 108 Å². The van der Waals surface area contributed by atoms with E-state index in [0.717, 1.165) is 6.42 Å². The quantitative estimate of drug-likeness (QED) is 0.816. The first-order chi connectivity index (χ1) is 8.44. The molecule has 0 amide bonds. The number of rotatable bonds is 6. The number of aliphatic carboxylic acids is 1. The Morgan fingerprint density at radius 1 is 1.28 bits per heavy atom. The van der Waals surface area contributed by atoms with E-state index in [9.17, 15) is 15.0 Å². The van der Waals surface area contributed by atoms with Gasteiger partial charge in [-0.05, 0) is 17.9 Å². The van der Waals surface area contributed by atoms with Crippen LogP contribution in [0.4, 0.5) is 0 Å². The van der Waals surface area contributed by atoms with Crippen LogP contribution >= 0.6 is 0 Å². The largest absolute Gasteiger partial charge is 0.481 e. The summed E-state index contributed by atoms with van der Waals surface area (Å²) in [5, 5.41) is 20.3. The van der Waals surface area contributed by atoms with Gasteiger partial charge in [-0.25, -0.2) is 0 Å². The molecule has 0 spiro atoms. The van der Waals surface area contributed by atoms with Gasteiger partial charge < -0.3 is 10.2 Å². The molecule has 0 aromatic heterocycles. The average molecular weight is 250 g/mol. The van der Waals surface area contributed by atoms with Gasteiger partial charge >= 0.3 is 5.97 Å². The predicted octanol–water partition coefficient (Wildman–Crippen LogP) is 3.03. The monoisotopic (exact) mass is 250 g/mol. The van der Waals surface area contributed by atoms with Crippen molar-refractivity contribution in [1.29, 1.82) is 0 Å². The van der Waals surface area contributed by atoms with Crippen LogP contribution in [0.3, 0.4) is 0 Å². The van der Waals surface area contributed by atoms with Crippen molar-refractivity contribution in [2.45, 2.75) is 39.2 Å². The maximum atomic E-state index is 11.5. The van der Waals surface area contributed by atoms with Crippen LogP contribution in [0.1, 0.15) is 39.2 Å². The van der Waals surface area contributed by atoms with E-state index in [1.54, 1.807) is 12.1 Å². The van der Waals surface area contributed by atoms with Crippen molar-refractivity contribution in [3.63, 3.8) is 0 Å². The number of carboxylic acid groups (broad SMARTS) is 1. The molecule has 0 heterocycles. The number of hydrogen-bond donors (Lipinski definition) is 2. The molecule has 1 rings (SSSR count). The van der Waals surface area contributed by atoms with Gasteiger partial charge in [0.25, 0.3) is 0 Å². The fraction of sp³-hybridized carbons (Fsp3) is 0.533. The molecule has 0 fully saturated rings. The summed E-state index contributed by atoms with van der Waals surface area (Å²) in [6.45, 7) is 5.65. The third kappa shape index (κ3) is 2.72. The summed E-state index contributed by atoms with van der Waals surface area (Å²) in [6, 6.07) is 9.11. The smallest absolute Gasteiger partial charge is 0.309 e. The van der Waals surface area contributed by atoms with E-state index < -0.39 is 17.5 Å². The van der Waals surface area contributed by atoms with Crippen molar-refractivity contribution in [2.24, 2.45) is 11.8 Å². The molecular weight excluding hydrogens is 228 g/mol. The Balaban J connectivity index is 3.25. The van der Waals surface area contributed by atoms with Gasteiger partial charge in [-0.15, -0.1) is 0 Å². The molecule has 0 aliphatic carbocycles. The molecule has 0 saturated heterocycles. The zero-order valence-electron chi connectivity index (χ0n) is 11.3. The van der Waals surface area contributed by atoms with E-state index in [4.69, 9.17) is 0 Å². The summed E-state index contributed by atoms with van der Waals surface area (Å²) < 4.78 is 0. The van der Waals surface area contributed by atoms with E-state index >= 15 is 0 Å². The summed E-state index contributed by atoms with van der Waals surface area (Å²) in [7, 11) is 0. The van der Waals surface area contributed by atoms with E-state index in [0.29, 0.717) is 12.0 Å². The van der Waals surface area contributed by atoms with Gasteiger partial charge in [0.2, 0.25) is 0 Å². The molecule has 0 aliphatic rings. The molecule has 3 heteroatoms. The van der Waals surface area contributed by atoms with Crippen molar-refractivity contribution < 1.29 is 15.0 Å². The molecule has 2 unspecified atom stereocenters. The highest BCUT2D eigenvalue weighted by Gasteiger charge is 2.44. The molecule has 100 valence electrons. The normalized spacial score (nSPS) is 16.3. The summed E-state index contributed by atoms with van der Waals surface area (Å²) >= 11 is 0. The second-order valence-corrected chi connectivity index (χ2v) is 5.03. The predicted molar refractivity (Wildman–Crippen MR) is 71.2 cm³/mol. The number of hydrogen-bond acceptors (Lipinski definition) is 2. The lowest BCUT2D eigenvalue weighted by Crippen LogP contribution is -2.44.